The van der Waals surface area contributed by atoms with Gasteiger partial charge < -0.3 is 19.7 Å². The molecule has 1 saturated heterocycles. The summed E-state index contributed by atoms with van der Waals surface area (Å²) in [5, 5.41) is 13.6. The Morgan fingerprint density at radius 2 is 2.32 bits per heavy atom. The highest BCUT2D eigenvalue weighted by atomic mass is 32.1. The maximum Gasteiger partial charge on any atom is 0.151 e. The van der Waals surface area contributed by atoms with Crippen molar-refractivity contribution in [2.24, 2.45) is 0 Å². The predicted octanol–water partition coefficient (Wildman–Crippen LogP) is 2.58. The normalized spacial score (nSPS) is 20.1. The number of methoxy groups -OCH3 is 1. The quantitative estimate of drug-likeness (QED) is 0.735. The fraction of sp³-hybridized carbons (Fsp3) is 0.333. The molecule has 1 aliphatic heterocycles. The second-order valence-electron chi connectivity index (χ2n) is 6.10. The number of imidazole rings is 1. The molecule has 0 saturated carbocycles. The fourth-order valence-corrected chi connectivity index (χ4v) is 4.13. The smallest absolute Gasteiger partial charge is 0.151 e. The highest BCUT2D eigenvalue weighted by Gasteiger charge is 2.26. The molecule has 6 nitrogen and oxygen atoms in total. The SMILES string of the molecule is COc1cccc(-c2ncc(-c3nccn3[C@@H]3CN[C@@H](CO)C3)s2)c1. The maximum atomic E-state index is 9.33. The summed E-state index contributed by atoms with van der Waals surface area (Å²) in [6.45, 7) is 1.01. The molecule has 1 aromatic carbocycles. The van der Waals surface area contributed by atoms with Gasteiger partial charge >= 0.3 is 0 Å². The van der Waals surface area contributed by atoms with Crippen LogP contribution in [-0.4, -0.2) is 45.9 Å². The molecule has 2 aromatic heterocycles. The minimum atomic E-state index is 0.161. The molecule has 0 amide bonds. The number of aliphatic hydroxyl groups excluding tert-OH is 1. The van der Waals surface area contributed by atoms with Gasteiger partial charge in [-0.1, -0.05) is 12.1 Å². The predicted molar refractivity (Wildman–Crippen MR) is 97.9 cm³/mol. The van der Waals surface area contributed by atoms with E-state index in [1.807, 2.05) is 42.9 Å². The molecule has 0 bridgehead atoms. The van der Waals surface area contributed by atoms with Gasteiger partial charge in [0.2, 0.25) is 0 Å². The Kier molecular flexibility index (Phi) is 4.52. The third-order valence-corrected chi connectivity index (χ3v) is 5.57. The zero-order valence-electron chi connectivity index (χ0n) is 13.9. The van der Waals surface area contributed by atoms with Gasteiger partial charge in [-0.05, 0) is 18.6 Å². The second kappa shape index (κ2) is 6.95. The van der Waals surface area contributed by atoms with Crippen molar-refractivity contribution < 1.29 is 9.84 Å². The van der Waals surface area contributed by atoms with Crippen molar-refractivity contribution in [2.45, 2.75) is 18.5 Å². The Balaban J connectivity index is 1.62. The molecule has 0 unspecified atom stereocenters. The van der Waals surface area contributed by atoms with Gasteiger partial charge in [-0.15, -0.1) is 11.3 Å². The molecule has 1 fully saturated rings. The minimum Gasteiger partial charge on any atom is -0.497 e. The molecular weight excluding hydrogens is 336 g/mol. The lowest BCUT2D eigenvalue weighted by molar-refractivity contribution is 0.253. The molecule has 4 rings (SSSR count). The lowest BCUT2D eigenvalue weighted by atomic mass is 10.2. The number of hydrogen-bond donors (Lipinski definition) is 2. The van der Waals surface area contributed by atoms with E-state index < -0.39 is 0 Å². The van der Waals surface area contributed by atoms with Crippen molar-refractivity contribution in [1.82, 2.24) is 19.9 Å². The van der Waals surface area contributed by atoms with Crippen LogP contribution in [0, 0.1) is 0 Å². The number of aliphatic hydroxyl groups is 1. The molecule has 2 atom stereocenters. The van der Waals surface area contributed by atoms with E-state index in [0.717, 1.165) is 40.0 Å². The lowest BCUT2D eigenvalue weighted by Crippen LogP contribution is -2.24. The topological polar surface area (TPSA) is 72.2 Å². The van der Waals surface area contributed by atoms with Gasteiger partial charge in [-0.25, -0.2) is 9.97 Å². The Bertz CT molecular complexity index is 860. The molecule has 25 heavy (non-hydrogen) atoms. The molecule has 7 heteroatoms. The van der Waals surface area contributed by atoms with E-state index in [1.165, 1.54) is 0 Å². The minimum absolute atomic E-state index is 0.161. The summed E-state index contributed by atoms with van der Waals surface area (Å²) in [4.78, 5) is 10.1. The number of rotatable bonds is 5. The first-order chi connectivity index (χ1) is 12.3. The van der Waals surface area contributed by atoms with E-state index in [0.29, 0.717) is 6.04 Å². The van der Waals surface area contributed by atoms with Gasteiger partial charge in [0.05, 0.1) is 18.6 Å². The number of nitrogens with zero attached hydrogens (tertiary/aromatic N) is 3. The highest BCUT2D eigenvalue weighted by Crippen LogP contribution is 2.34. The third kappa shape index (κ3) is 3.18. The summed E-state index contributed by atoms with van der Waals surface area (Å²) in [6.07, 6.45) is 6.62. The Hall–Kier alpha value is -2.22. The summed E-state index contributed by atoms with van der Waals surface area (Å²) in [5.41, 5.74) is 1.04. The largest absolute Gasteiger partial charge is 0.497 e. The second-order valence-corrected chi connectivity index (χ2v) is 7.13. The first kappa shape index (κ1) is 16.3. The molecule has 3 heterocycles. The van der Waals surface area contributed by atoms with Crippen molar-refractivity contribution in [3.8, 4) is 27.0 Å². The van der Waals surface area contributed by atoms with Gasteiger partial charge in [0, 0.05) is 42.8 Å². The number of thiazole rings is 1. The summed E-state index contributed by atoms with van der Waals surface area (Å²) in [7, 11) is 1.67. The summed E-state index contributed by atoms with van der Waals surface area (Å²) in [5.74, 6) is 1.75. The van der Waals surface area contributed by atoms with Crippen molar-refractivity contribution in [3.05, 3.63) is 42.9 Å². The average Bonchev–Trinajstić information content (AvgIpc) is 3.40. The molecular formula is C18H20N4O2S. The number of aromatic nitrogens is 3. The zero-order chi connectivity index (χ0) is 17.2. The Labute approximate surface area is 150 Å². The monoisotopic (exact) mass is 356 g/mol. The third-order valence-electron chi connectivity index (χ3n) is 4.52. The Morgan fingerprint density at radius 3 is 3.12 bits per heavy atom. The number of benzene rings is 1. The molecule has 2 N–H and O–H groups in total. The lowest BCUT2D eigenvalue weighted by Gasteiger charge is -2.13. The van der Waals surface area contributed by atoms with Crippen molar-refractivity contribution in [3.63, 3.8) is 0 Å². The average molecular weight is 356 g/mol. The molecule has 1 aliphatic rings. The van der Waals surface area contributed by atoms with Crippen LogP contribution in [0.5, 0.6) is 5.75 Å². The summed E-state index contributed by atoms with van der Waals surface area (Å²) < 4.78 is 7.48. The van der Waals surface area contributed by atoms with Gasteiger partial charge in [-0.2, -0.15) is 0 Å². The number of ether oxygens (including phenoxy) is 1. The zero-order valence-corrected chi connectivity index (χ0v) is 14.7. The van der Waals surface area contributed by atoms with Crippen LogP contribution in [0.2, 0.25) is 0 Å². The van der Waals surface area contributed by atoms with E-state index in [4.69, 9.17) is 4.74 Å². The van der Waals surface area contributed by atoms with E-state index in [-0.39, 0.29) is 12.6 Å². The molecule has 0 radical (unpaired) electrons. The van der Waals surface area contributed by atoms with Gasteiger partial charge in [0.1, 0.15) is 10.8 Å². The fourth-order valence-electron chi connectivity index (χ4n) is 3.21. The molecule has 0 spiro atoms. The van der Waals surface area contributed by atoms with Crippen molar-refractivity contribution in [1.29, 1.82) is 0 Å². The molecule has 130 valence electrons. The van der Waals surface area contributed by atoms with Gasteiger partial charge in [0.15, 0.2) is 5.82 Å². The maximum absolute atomic E-state index is 9.33. The summed E-state index contributed by atoms with van der Waals surface area (Å²) in [6, 6.07) is 8.38. The number of nitrogens with one attached hydrogen (secondary N) is 1. The molecule has 3 aromatic rings. The molecule has 0 aliphatic carbocycles. The van der Waals surface area contributed by atoms with Crippen LogP contribution < -0.4 is 10.1 Å². The Morgan fingerprint density at radius 1 is 1.40 bits per heavy atom. The van der Waals surface area contributed by atoms with Crippen LogP contribution in [0.15, 0.2) is 42.9 Å². The van der Waals surface area contributed by atoms with E-state index in [9.17, 15) is 5.11 Å². The van der Waals surface area contributed by atoms with Gasteiger partial charge in [-0.3, -0.25) is 0 Å². The summed E-state index contributed by atoms with van der Waals surface area (Å²) >= 11 is 1.62. The highest BCUT2D eigenvalue weighted by molar-refractivity contribution is 7.18. The first-order valence-electron chi connectivity index (χ1n) is 8.26. The van der Waals surface area contributed by atoms with E-state index in [2.05, 4.69) is 19.9 Å². The van der Waals surface area contributed by atoms with Crippen LogP contribution in [0.3, 0.4) is 0 Å². The first-order valence-corrected chi connectivity index (χ1v) is 9.08. The standard InChI is InChI=1S/C18H20N4O2S/c1-24-15-4-2-3-12(7-15)18-21-10-16(25-18)17-19-5-6-22(17)14-8-13(11-23)20-9-14/h2-7,10,13-14,20,23H,8-9,11H2,1H3/t13-,14+/m1/s1. The van der Waals surface area contributed by atoms with Crippen LogP contribution >= 0.6 is 11.3 Å². The van der Waals surface area contributed by atoms with E-state index >= 15 is 0 Å². The van der Waals surface area contributed by atoms with Gasteiger partial charge in [0.25, 0.3) is 0 Å². The van der Waals surface area contributed by atoms with Crippen LogP contribution in [0.4, 0.5) is 0 Å². The van der Waals surface area contributed by atoms with E-state index in [1.54, 1.807) is 18.4 Å². The van der Waals surface area contributed by atoms with Crippen molar-refractivity contribution in [2.75, 3.05) is 20.3 Å². The number of hydrogen-bond acceptors (Lipinski definition) is 6. The van der Waals surface area contributed by atoms with Crippen molar-refractivity contribution >= 4 is 11.3 Å². The van der Waals surface area contributed by atoms with Crippen LogP contribution in [0.1, 0.15) is 12.5 Å². The van der Waals surface area contributed by atoms with Crippen LogP contribution in [0.25, 0.3) is 21.3 Å². The van der Waals surface area contributed by atoms with Crippen LogP contribution in [-0.2, 0) is 0 Å².